The van der Waals surface area contributed by atoms with Crippen LogP contribution in [0.25, 0.3) is 10.9 Å². The molecule has 1 N–H and O–H groups in total. The first-order chi connectivity index (χ1) is 14.0. The predicted molar refractivity (Wildman–Crippen MR) is 116 cm³/mol. The lowest BCUT2D eigenvalue weighted by atomic mass is 10.2. The summed E-state index contributed by atoms with van der Waals surface area (Å²) in [5, 5.41) is 19.6. The summed E-state index contributed by atoms with van der Waals surface area (Å²) in [5.41, 5.74) is 2.61. The van der Waals surface area contributed by atoms with Crippen molar-refractivity contribution in [2.45, 2.75) is 20.5 Å². The first-order valence-corrected chi connectivity index (χ1v) is 9.72. The zero-order chi connectivity index (χ0) is 21.0. The Labute approximate surface area is 170 Å². The monoisotopic (exact) mass is 393 g/mol. The number of carbonyl (C=O) groups is 1. The Morgan fingerprint density at radius 2 is 1.69 bits per heavy atom. The summed E-state index contributed by atoms with van der Waals surface area (Å²) < 4.78 is 1.80. The molecule has 0 atom stereocenters. The van der Waals surface area contributed by atoms with Gasteiger partial charge in [-0.1, -0.05) is 32.0 Å². The highest BCUT2D eigenvalue weighted by atomic mass is 16.3. The number of anilines is 1. The fourth-order valence-electron chi connectivity index (χ4n) is 3.19. The fourth-order valence-corrected chi connectivity index (χ4v) is 3.19. The average molecular weight is 393 g/mol. The number of rotatable bonds is 7. The van der Waals surface area contributed by atoms with E-state index in [0.29, 0.717) is 17.9 Å². The molecule has 152 valence electrons. The van der Waals surface area contributed by atoms with Gasteiger partial charge in [-0.15, -0.1) is 10.2 Å². The van der Waals surface area contributed by atoms with Gasteiger partial charge in [-0.3, -0.25) is 14.3 Å². The van der Waals surface area contributed by atoms with Gasteiger partial charge in [0.25, 0.3) is 5.91 Å². The molecule has 3 aromatic rings. The van der Waals surface area contributed by atoms with Crippen LogP contribution in [0.15, 0.2) is 58.8 Å². The molecular weight excluding hydrogens is 366 g/mol. The van der Waals surface area contributed by atoms with Gasteiger partial charge in [0, 0.05) is 30.7 Å². The van der Waals surface area contributed by atoms with E-state index in [1.165, 1.54) is 0 Å². The molecule has 1 amide bonds. The number of nitrogens with zero attached hydrogens (tertiary/aromatic N) is 5. The van der Waals surface area contributed by atoms with Crippen molar-refractivity contribution >= 4 is 28.2 Å². The zero-order valence-electron chi connectivity index (χ0n) is 17.3. The molecule has 0 spiro atoms. The Morgan fingerprint density at radius 1 is 1.03 bits per heavy atom. The summed E-state index contributed by atoms with van der Waals surface area (Å²) in [5.74, 6) is -0.437. The largest absolute Gasteiger partial charge is 0.493 e. The second-order valence-electron chi connectivity index (χ2n) is 7.01. The van der Waals surface area contributed by atoms with Gasteiger partial charge in [-0.05, 0) is 43.4 Å². The molecule has 1 aromatic heterocycles. The maximum atomic E-state index is 12.5. The molecule has 0 radical (unpaired) electrons. The Kier molecular flexibility index (Phi) is 6.29. The molecule has 0 saturated heterocycles. The highest BCUT2D eigenvalue weighted by molar-refractivity contribution is 5.97. The van der Waals surface area contributed by atoms with E-state index in [-0.39, 0.29) is 5.88 Å². The van der Waals surface area contributed by atoms with Crippen molar-refractivity contribution < 1.29 is 9.90 Å². The number of hydrogen-bond acceptors (Lipinski definition) is 5. The molecule has 0 aliphatic rings. The van der Waals surface area contributed by atoms with Gasteiger partial charge in [-0.25, -0.2) is 0 Å². The number of carbonyl (C=O) groups excluding carboxylic acids is 1. The molecule has 0 unspecified atom stereocenters. The summed E-state index contributed by atoms with van der Waals surface area (Å²) in [4.78, 5) is 16.6. The average Bonchev–Trinajstić information content (AvgIpc) is 3.01. The summed E-state index contributed by atoms with van der Waals surface area (Å²) in [6.07, 6.45) is 0. The second-order valence-corrected chi connectivity index (χ2v) is 7.01. The number of hydrogen-bond donors (Lipinski definition) is 1. The number of aromatic nitrogens is 1. The van der Waals surface area contributed by atoms with Gasteiger partial charge in [0.1, 0.15) is 0 Å². The van der Waals surface area contributed by atoms with Gasteiger partial charge in [-0.2, -0.15) is 0 Å². The van der Waals surface area contributed by atoms with Crippen molar-refractivity contribution in [1.29, 1.82) is 0 Å². The van der Waals surface area contributed by atoms with Crippen LogP contribution in [0, 0.1) is 0 Å². The third kappa shape index (κ3) is 4.30. The Morgan fingerprint density at radius 3 is 2.31 bits per heavy atom. The van der Waals surface area contributed by atoms with E-state index >= 15 is 0 Å². The minimum atomic E-state index is -0.449. The van der Waals surface area contributed by atoms with Gasteiger partial charge in [0.2, 0.25) is 5.88 Å². The minimum absolute atomic E-state index is 0.0117. The number of azo groups is 1. The van der Waals surface area contributed by atoms with Crippen LogP contribution < -0.4 is 4.90 Å². The van der Waals surface area contributed by atoms with Crippen LogP contribution in [0.1, 0.15) is 24.2 Å². The SMILES string of the molecule is CCN(CC)Cn1c(O)c(N=NC(=O)c2ccc(N(C)C)cc2)c2ccccc21. The highest BCUT2D eigenvalue weighted by Gasteiger charge is 2.18. The van der Waals surface area contributed by atoms with Crippen LogP contribution in [0.3, 0.4) is 0 Å². The number of benzene rings is 2. The van der Waals surface area contributed by atoms with Crippen molar-refractivity contribution in [3.8, 4) is 5.88 Å². The van der Waals surface area contributed by atoms with E-state index in [1.54, 1.807) is 16.7 Å². The molecule has 0 saturated carbocycles. The lowest BCUT2D eigenvalue weighted by Gasteiger charge is -2.19. The van der Waals surface area contributed by atoms with Crippen molar-refractivity contribution in [3.05, 3.63) is 54.1 Å². The Balaban J connectivity index is 1.93. The van der Waals surface area contributed by atoms with E-state index in [2.05, 4.69) is 29.0 Å². The number of fused-ring (bicyclic) bond motifs is 1. The van der Waals surface area contributed by atoms with Gasteiger partial charge < -0.3 is 10.0 Å². The number of para-hydroxylation sites is 1. The first-order valence-electron chi connectivity index (χ1n) is 9.72. The molecule has 0 fully saturated rings. The summed E-state index contributed by atoms with van der Waals surface area (Å²) in [7, 11) is 3.88. The van der Waals surface area contributed by atoms with Crippen LogP contribution in [-0.4, -0.2) is 47.7 Å². The van der Waals surface area contributed by atoms with E-state index in [0.717, 1.165) is 29.7 Å². The third-order valence-corrected chi connectivity index (χ3v) is 5.02. The normalized spacial score (nSPS) is 11.6. The fraction of sp³-hybridized carbons (Fsp3) is 0.318. The zero-order valence-corrected chi connectivity index (χ0v) is 17.3. The van der Waals surface area contributed by atoms with Crippen LogP contribution in [0.2, 0.25) is 0 Å². The maximum absolute atomic E-state index is 12.5. The summed E-state index contributed by atoms with van der Waals surface area (Å²) in [6.45, 7) is 6.41. The van der Waals surface area contributed by atoms with Crippen LogP contribution in [-0.2, 0) is 6.67 Å². The van der Waals surface area contributed by atoms with E-state index < -0.39 is 5.91 Å². The first kappa shape index (κ1) is 20.5. The van der Waals surface area contributed by atoms with Crippen molar-refractivity contribution in [1.82, 2.24) is 9.47 Å². The molecule has 7 nitrogen and oxygen atoms in total. The molecule has 3 rings (SSSR count). The van der Waals surface area contributed by atoms with Gasteiger partial charge in [0.15, 0.2) is 5.69 Å². The molecular formula is C22H27N5O2. The third-order valence-electron chi connectivity index (χ3n) is 5.02. The summed E-state index contributed by atoms with van der Waals surface area (Å²) in [6, 6.07) is 14.8. The smallest absolute Gasteiger partial charge is 0.295 e. The van der Waals surface area contributed by atoms with Gasteiger partial charge >= 0.3 is 0 Å². The lowest BCUT2D eigenvalue weighted by molar-refractivity contribution is 0.0995. The quantitative estimate of drug-likeness (QED) is 0.594. The summed E-state index contributed by atoms with van der Waals surface area (Å²) >= 11 is 0. The lowest BCUT2D eigenvalue weighted by Crippen LogP contribution is -2.25. The van der Waals surface area contributed by atoms with Crippen LogP contribution in [0.5, 0.6) is 5.88 Å². The molecule has 0 aliphatic heterocycles. The number of amides is 1. The number of aromatic hydroxyl groups is 1. The highest BCUT2D eigenvalue weighted by Crippen LogP contribution is 2.39. The molecule has 7 heteroatoms. The molecule has 29 heavy (non-hydrogen) atoms. The van der Waals surface area contributed by atoms with Crippen molar-refractivity contribution in [3.63, 3.8) is 0 Å². The van der Waals surface area contributed by atoms with E-state index in [1.807, 2.05) is 55.4 Å². The van der Waals surface area contributed by atoms with E-state index in [4.69, 9.17) is 0 Å². The molecule has 0 aliphatic carbocycles. The molecule has 0 bridgehead atoms. The Hall–Kier alpha value is -3.19. The van der Waals surface area contributed by atoms with Crippen molar-refractivity contribution in [2.24, 2.45) is 10.2 Å². The molecule has 1 heterocycles. The second kappa shape index (κ2) is 8.87. The van der Waals surface area contributed by atoms with Crippen molar-refractivity contribution in [2.75, 3.05) is 32.1 Å². The maximum Gasteiger partial charge on any atom is 0.295 e. The Bertz CT molecular complexity index is 1020. The molecule has 2 aromatic carbocycles. The van der Waals surface area contributed by atoms with Gasteiger partial charge in [0.05, 0.1) is 12.2 Å². The van der Waals surface area contributed by atoms with Crippen LogP contribution in [0.4, 0.5) is 11.4 Å². The minimum Gasteiger partial charge on any atom is -0.493 e. The predicted octanol–water partition coefficient (Wildman–Crippen LogP) is 4.64. The topological polar surface area (TPSA) is 73.4 Å². The standard InChI is InChI=1S/C22H27N5O2/c1-5-26(6-2)15-27-19-10-8-7-9-18(19)20(22(27)29)23-24-21(28)16-11-13-17(14-12-16)25(3)4/h7-14,29H,5-6,15H2,1-4H3. The van der Waals surface area contributed by atoms with Crippen LogP contribution >= 0.6 is 0 Å². The van der Waals surface area contributed by atoms with E-state index in [9.17, 15) is 9.90 Å².